The molecule has 3 amide bonds. The largest absolute Gasteiger partial charge is 0.346 e. The van der Waals surface area contributed by atoms with Crippen LogP contribution in [0.5, 0.6) is 0 Å². The molecule has 0 N–H and O–H groups in total. The molecule has 4 rings (SSSR count). The van der Waals surface area contributed by atoms with Crippen molar-refractivity contribution in [3.05, 3.63) is 24.3 Å². The quantitative estimate of drug-likeness (QED) is 0.729. The first kappa shape index (κ1) is 15.9. The van der Waals surface area contributed by atoms with Gasteiger partial charge in [-0.3, -0.25) is 0 Å². The molecule has 3 heterocycles. The van der Waals surface area contributed by atoms with Crippen LogP contribution in [0.25, 0.3) is 11.0 Å². The summed E-state index contributed by atoms with van der Waals surface area (Å²) in [4.78, 5) is 30.8. The van der Waals surface area contributed by atoms with Gasteiger partial charge in [0.25, 0.3) is 0 Å². The predicted molar refractivity (Wildman–Crippen MR) is 92.3 cm³/mol. The Morgan fingerprint density at radius 3 is 2.08 bits per heavy atom. The summed E-state index contributed by atoms with van der Waals surface area (Å²) in [7, 11) is 0. The van der Waals surface area contributed by atoms with Crippen molar-refractivity contribution in [2.45, 2.75) is 19.3 Å². The van der Waals surface area contributed by atoms with Gasteiger partial charge in [-0.25, -0.2) is 9.59 Å². The maximum Gasteiger partial charge on any atom is 0.346 e. The standard InChI is InChI=1S/C17H22N6O2/c24-16(20-8-4-1-5-9-20)21-10-12-22(13-11-21)17(25)23-15-7-3-2-6-14(15)18-19-23/h2-3,6-7H,1,4-5,8-13H2. The van der Waals surface area contributed by atoms with Crippen molar-refractivity contribution in [2.24, 2.45) is 0 Å². The van der Waals surface area contributed by atoms with E-state index >= 15 is 0 Å². The highest BCUT2D eigenvalue weighted by atomic mass is 16.2. The van der Waals surface area contributed by atoms with Crippen molar-refractivity contribution >= 4 is 23.1 Å². The van der Waals surface area contributed by atoms with Gasteiger partial charge in [0.05, 0.1) is 5.52 Å². The smallest absolute Gasteiger partial charge is 0.325 e. The summed E-state index contributed by atoms with van der Waals surface area (Å²) in [5.41, 5.74) is 1.41. The van der Waals surface area contributed by atoms with Crippen LogP contribution >= 0.6 is 0 Å². The molecule has 1 aromatic heterocycles. The van der Waals surface area contributed by atoms with Crippen molar-refractivity contribution in [1.29, 1.82) is 0 Å². The number of fused-ring (bicyclic) bond motifs is 1. The molecule has 0 radical (unpaired) electrons. The van der Waals surface area contributed by atoms with Crippen molar-refractivity contribution in [3.8, 4) is 0 Å². The third-order valence-corrected chi connectivity index (χ3v) is 4.98. The summed E-state index contributed by atoms with van der Waals surface area (Å²) in [5.74, 6) is 0. The molecule has 132 valence electrons. The zero-order chi connectivity index (χ0) is 17.2. The van der Waals surface area contributed by atoms with Gasteiger partial charge in [-0.2, -0.15) is 4.68 Å². The summed E-state index contributed by atoms with van der Waals surface area (Å²) >= 11 is 0. The van der Waals surface area contributed by atoms with E-state index in [-0.39, 0.29) is 12.1 Å². The summed E-state index contributed by atoms with van der Waals surface area (Å²) in [6.45, 7) is 3.87. The van der Waals surface area contributed by atoms with Crippen LogP contribution in [0.1, 0.15) is 19.3 Å². The van der Waals surface area contributed by atoms with Gasteiger partial charge >= 0.3 is 12.1 Å². The van der Waals surface area contributed by atoms with Crippen LogP contribution in [-0.2, 0) is 0 Å². The van der Waals surface area contributed by atoms with Gasteiger partial charge in [-0.1, -0.05) is 17.3 Å². The Morgan fingerprint density at radius 1 is 0.760 bits per heavy atom. The average molecular weight is 342 g/mol. The van der Waals surface area contributed by atoms with E-state index in [1.54, 1.807) is 4.90 Å². The normalized spacial score (nSPS) is 18.6. The van der Waals surface area contributed by atoms with Crippen molar-refractivity contribution in [2.75, 3.05) is 39.3 Å². The monoisotopic (exact) mass is 342 g/mol. The Morgan fingerprint density at radius 2 is 1.36 bits per heavy atom. The second-order valence-corrected chi connectivity index (χ2v) is 6.58. The molecule has 25 heavy (non-hydrogen) atoms. The molecule has 0 unspecified atom stereocenters. The Hall–Kier alpha value is -2.64. The number of carbonyl (C=O) groups excluding carboxylic acids is 2. The Kier molecular flexibility index (Phi) is 4.25. The number of rotatable bonds is 0. The van der Waals surface area contributed by atoms with Crippen molar-refractivity contribution in [1.82, 2.24) is 29.7 Å². The lowest BCUT2D eigenvalue weighted by Crippen LogP contribution is -2.55. The zero-order valence-corrected chi connectivity index (χ0v) is 14.2. The molecule has 2 aliphatic rings. The minimum Gasteiger partial charge on any atom is -0.325 e. The molecule has 2 saturated heterocycles. The highest BCUT2D eigenvalue weighted by Gasteiger charge is 2.29. The fourth-order valence-corrected chi connectivity index (χ4v) is 3.52. The van der Waals surface area contributed by atoms with E-state index in [0.29, 0.717) is 37.2 Å². The van der Waals surface area contributed by atoms with Crippen LogP contribution < -0.4 is 0 Å². The first-order valence-corrected chi connectivity index (χ1v) is 8.87. The molecule has 0 bridgehead atoms. The number of carbonyl (C=O) groups is 2. The van der Waals surface area contributed by atoms with Crippen molar-refractivity contribution < 1.29 is 9.59 Å². The van der Waals surface area contributed by atoms with Crippen LogP contribution in [0.2, 0.25) is 0 Å². The van der Waals surface area contributed by atoms with Crippen LogP contribution in [-0.4, -0.2) is 81.0 Å². The van der Waals surface area contributed by atoms with Gasteiger partial charge < -0.3 is 14.7 Å². The molecular weight excluding hydrogens is 320 g/mol. The Balaban J connectivity index is 1.39. The first-order valence-electron chi connectivity index (χ1n) is 8.87. The molecule has 0 atom stereocenters. The number of likely N-dealkylation sites (tertiary alicyclic amines) is 1. The minimum absolute atomic E-state index is 0.109. The summed E-state index contributed by atoms with van der Waals surface area (Å²) in [5, 5.41) is 8.02. The van der Waals surface area contributed by atoms with Gasteiger partial charge in [0.2, 0.25) is 0 Å². The van der Waals surface area contributed by atoms with E-state index in [1.165, 1.54) is 11.1 Å². The first-order chi connectivity index (χ1) is 12.2. The summed E-state index contributed by atoms with van der Waals surface area (Å²) < 4.78 is 1.34. The van der Waals surface area contributed by atoms with Gasteiger partial charge in [-0.15, -0.1) is 5.10 Å². The van der Waals surface area contributed by atoms with Crippen LogP contribution in [0.15, 0.2) is 24.3 Å². The van der Waals surface area contributed by atoms with E-state index in [1.807, 2.05) is 34.1 Å². The topological polar surface area (TPSA) is 74.6 Å². The number of hydrogen-bond donors (Lipinski definition) is 0. The number of benzene rings is 1. The molecule has 8 nitrogen and oxygen atoms in total. The highest BCUT2D eigenvalue weighted by Crippen LogP contribution is 2.15. The molecule has 2 aliphatic heterocycles. The number of nitrogens with zero attached hydrogens (tertiary/aromatic N) is 6. The van der Waals surface area contributed by atoms with Crippen LogP contribution in [0.4, 0.5) is 9.59 Å². The molecule has 1 aromatic carbocycles. The van der Waals surface area contributed by atoms with Gasteiger partial charge in [-0.05, 0) is 31.4 Å². The predicted octanol–water partition coefficient (Wildman–Crippen LogP) is 1.62. The molecule has 0 saturated carbocycles. The zero-order valence-electron chi connectivity index (χ0n) is 14.2. The number of urea groups is 1. The molecule has 0 spiro atoms. The molecular formula is C17H22N6O2. The molecule has 8 heteroatoms. The van der Waals surface area contributed by atoms with E-state index in [4.69, 9.17) is 0 Å². The van der Waals surface area contributed by atoms with Gasteiger partial charge in [0.15, 0.2) is 0 Å². The number of para-hydroxylation sites is 1. The Labute approximate surface area is 146 Å². The van der Waals surface area contributed by atoms with Gasteiger partial charge in [0, 0.05) is 39.3 Å². The van der Waals surface area contributed by atoms with Gasteiger partial charge in [0.1, 0.15) is 5.52 Å². The van der Waals surface area contributed by atoms with E-state index < -0.39 is 0 Å². The lowest BCUT2D eigenvalue weighted by Gasteiger charge is -2.38. The fraction of sp³-hybridized carbons (Fsp3) is 0.529. The van der Waals surface area contributed by atoms with Crippen LogP contribution in [0, 0.1) is 0 Å². The number of aromatic nitrogens is 3. The number of piperidine rings is 1. The highest BCUT2D eigenvalue weighted by molar-refractivity contribution is 5.87. The lowest BCUT2D eigenvalue weighted by molar-refractivity contribution is 0.113. The second kappa shape index (κ2) is 6.70. The lowest BCUT2D eigenvalue weighted by atomic mass is 10.1. The average Bonchev–Trinajstić information content (AvgIpc) is 3.12. The van der Waals surface area contributed by atoms with E-state index in [9.17, 15) is 9.59 Å². The Bertz CT molecular complexity index is 774. The molecule has 2 aromatic rings. The van der Waals surface area contributed by atoms with Crippen molar-refractivity contribution in [3.63, 3.8) is 0 Å². The minimum atomic E-state index is -0.182. The summed E-state index contributed by atoms with van der Waals surface area (Å²) in [6, 6.07) is 7.34. The summed E-state index contributed by atoms with van der Waals surface area (Å²) in [6.07, 6.45) is 3.38. The number of piperazine rings is 1. The maximum absolute atomic E-state index is 12.7. The fourth-order valence-electron chi connectivity index (χ4n) is 3.52. The third kappa shape index (κ3) is 3.04. The number of hydrogen-bond acceptors (Lipinski definition) is 4. The SMILES string of the molecule is O=C(N1CCCCC1)N1CCN(C(=O)n2nnc3ccccc32)CC1. The maximum atomic E-state index is 12.7. The number of amides is 3. The van der Waals surface area contributed by atoms with E-state index in [0.717, 1.165) is 25.9 Å². The van der Waals surface area contributed by atoms with E-state index in [2.05, 4.69) is 10.3 Å². The molecule has 0 aliphatic carbocycles. The third-order valence-electron chi connectivity index (χ3n) is 4.98. The molecule has 2 fully saturated rings. The van der Waals surface area contributed by atoms with Crippen LogP contribution in [0.3, 0.4) is 0 Å². The second-order valence-electron chi connectivity index (χ2n) is 6.58.